The van der Waals surface area contributed by atoms with Crippen molar-refractivity contribution >= 4 is 22.7 Å². The van der Waals surface area contributed by atoms with Crippen molar-refractivity contribution in [3.05, 3.63) is 60.0 Å². The van der Waals surface area contributed by atoms with Crippen molar-refractivity contribution in [2.75, 3.05) is 6.54 Å². The summed E-state index contributed by atoms with van der Waals surface area (Å²) in [6, 6.07) is 11.5. The molecule has 0 radical (unpaired) electrons. The minimum atomic E-state index is -0.596. The van der Waals surface area contributed by atoms with Crippen LogP contribution in [0.5, 0.6) is 0 Å². The Morgan fingerprint density at radius 3 is 2.57 bits per heavy atom. The molecule has 3 rings (SSSR count). The highest BCUT2D eigenvalue weighted by atomic mass is 19.1. The lowest BCUT2D eigenvalue weighted by molar-refractivity contribution is -0.117. The van der Waals surface area contributed by atoms with Crippen molar-refractivity contribution < 1.29 is 14.0 Å². The van der Waals surface area contributed by atoms with E-state index < -0.39 is 5.91 Å². The topological polar surface area (TPSA) is 88.0 Å². The number of rotatable bonds is 4. The van der Waals surface area contributed by atoms with Crippen LogP contribution in [0, 0.1) is 5.82 Å². The van der Waals surface area contributed by atoms with Gasteiger partial charge in [0, 0.05) is 28.2 Å². The molecule has 2 aromatic carbocycles. The molecule has 1 heterocycles. The van der Waals surface area contributed by atoms with Crippen LogP contribution in [0.4, 0.5) is 4.39 Å². The van der Waals surface area contributed by atoms with E-state index in [0.29, 0.717) is 11.1 Å². The van der Waals surface area contributed by atoms with E-state index in [1.54, 1.807) is 36.5 Å². The number of nitrogens with one attached hydrogen (secondary N) is 2. The molecule has 0 saturated heterocycles. The molecular weight excluding hydrogens is 297 g/mol. The Kier molecular flexibility index (Phi) is 3.80. The molecule has 0 aliphatic rings. The quantitative estimate of drug-likeness (QED) is 0.689. The monoisotopic (exact) mass is 311 g/mol. The van der Waals surface area contributed by atoms with Gasteiger partial charge in [0.2, 0.25) is 5.91 Å². The second-order valence-electron chi connectivity index (χ2n) is 5.12. The van der Waals surface area contributed by atoms with Gasteiger partial charge < -0.3 is 16.0 Å². The summed E-state index contributed by atoms with van der Waals surface area (Å²) in [4.78, 5) is 25.5. The van der Waals surface area contributed by atoms with Crippen molar-refractivity contribution in [1.82, 2.24) is 10.3 Å². The van der Waals surface area contributed by atoms with Crippen LogP contribution < -0.4 is 11.1 Å². The normalized spacial score (nSPS) is 10.7. The summed E-state index contributed by atoms with van der Waals surface area (Å²) in [5, 5.41) is 3.33. The molecule has 0 atom stereocenters. The van der Waals surface area contributed by atoms with E-state index in [2.05, 4.69) is 10.3 Å². The fourth-order valence-electron chi connectivity index (χ4n) is 2.41. The number of halogens is 1. The molecule has 0 aliphatic carbocycles. The first-order valence-corrected chi connectivity index (χ1v) is 6.98. The average Bonchev–Trinajstić information content (AvgIpc) is 2.95. The summed E-state index contributed by atoms with van der Waals surface area (Å²) in [5.74, 6) is -1.26. The van der Waals surface area contributed by atoms with E-state index in [-0.39, 0.29) is 18.3 Å². The predicted molar refractivity (Wildman–Crippen MR) is 85.2 cm³/mol. The van der Waals surface area contributed by atoms with Crippen LogP contribution in [0.15, 0.2) is 48.7 Å². The molecule has 0 spiro atoms. The van der Waals surface area contributed by atoms with Gasteiger partial charge in [-0.3, -0.25) is 9.59 Å². The van der Waals surface area contributed by atoms with Crippen LogP contribution in [-0.2, 0) is 4.79 Å². The maximum Gasteiger partial charge on any atom is 0.251 e. The van der Waals surface area contributed by atoms with Gasteiger partial charge in [0.25, 0.3) is 5.91 Å². The first kappa shape index (κ1) is 14.8. The van der Waals surface area contributed by atoms with Gasteiger partial charge in [-0.2, -0.15) is 0 Å². The Labute approximate surface area is 131 Å². The van der Waals surface area contributed by atoms with E-state index >= 15 is 0 Å². The number of aromatic amines is 1. The number of nitrogens with two attached hydrogens (primary N) is 1. The number of amides is 2. The highest BCUT2D eigenvalue weighted by molar-refractivity contribution is 5.98. The van der Waals surface area contributed by atoms with Gasteiger partial charge in [-0.05, 0) is 35.9 Å². The predicted octanol–water partition coefficient (Wildman–Crippen LogP) is 2.19. The summed E-state index contributed by atoms with van der Waals surface area (Å²) in [6.07, 6.45) is 1.80. The van der Waals surface area contributed by atoms with Crippen molar-refractivity contribution in [3.63, 3.8) is 0 Å². The SMILES string of the molecule is NC(=O)CNC(=O)c1ccc(-c2c[nH]c3cc(F)ccc23)cc1. The Morgan fingerprint density at radius 2 is 1.87 bits per heavy atom. The molecule has 0 saturated carbocycles. The lowest BCUT2D eigenvalue weighted by atomic mass is 10.0. The van der Waals surface area contributed by atoms with Crippen molar-refractivity contribution in [3.8, 4) is 11.1 Å². The average molecular weight is 311 g/mol. The number of hydrogen-bond donors (Lipinski definition) is 3. The van der Waals surface area contributed by atoms with Gasteiger partial charge in [0.05, 0.1) is 6.54 Å². The fourth-order valence-corrected chi connectivity index (χ4v) is 2.41. The molecule has 3 aromatic rings. The molecule has 0 fully saturated rings. The van der Waals surface area contributed by atoms with E-state index in [9.17, 15) is 14.0 Å². The maximum atomic E-state index is 13.2. The molecular formula is C17H14FN3O2. The molecule has 1 aromatic heterocycles. The number of aromatic nitrogens is 1. The number of fused-ring (bicyclic) bond motifs is 1. The number of benzene rings is 2. The van der Waals surface area contributed by atoms with E-state index in [0.717, 1.165) is 16.5 Å². The van der Waals surface area contributed by atoms with Crippen LogP contribution >= 0.6 is 0 Å². The van der Waals surface area contributed by atoms with Crippen molar-refractivity contribution in [2.24, 2.45) is 5.73 Å². The Bertz CT molecular complexity index is 884. The maximum absolute atomic E-state index is 13.2. The smallest absolute Gasteiger partial charge is 0.251 e. The molecule has 23 heavy (non-hydrogen) atoms. The summed E-state index contributed by atoms with van der Waals surface area (Å²) in [7, 11) is 0. The van der Waals surface area contributed by atoms with Crippen LogP contribution in [0.3, 0.4) is 0 Å². The van der Waals surface area contributed by atoms with E-state index in [1.807, 2.05) is 0 Å². The van der Waals surface area contributed by atoms with Crippen LogP contribution in [0.1, 0.15) is 10.4 Å². The Hall–Kier alpha value is -3.15. The number of carbonyl (C=O) groups excluding carboxylic acids is 2. The number of carbonyl (C=O) groups is 2. The second kappa shape index (κ2) is 5.92. The lowest BCUT2D eigenvalue weighted by Crippen LogP contribution is -2.33. The minimum Gasteiger partial charge on any atom is -0.368 e. The zero-order chi connectivity index (χ0) is 16.4. The summed E-state index contributed by atoms with van der Waals surface area (Å²) >= 11 is 0. The third-order valence-electron chi connectivity index (χ3n) is 3.53. The molecule has 0 bridgehead atoms. The van der Waals surface area contributed by atoms with Crippen molar-refractivity contribution in [2.45, 2.75) is 0 Å². The Balaban J connectivity index is 1.86. The highest BCUT2D eigenvalue weighted by Gasteiger charge is 2.09. The standard InChI is InChI=1S/C17H14FN3O2/c18-12-5-6-13-14(8-20-15(13)7-12)10-1-3-11(4-2-10)17(23)21-9-16(19)22/h1-8,20H,9H2,(H2,19,22)(H,21,23). The summed E-state index contributed by atoms with van der Waals surface area (Å²) in [6.45, 7) is -0.200. The summed E-state index contributed by atoms with van der Waals surface area (Å²) < 4.78 is 13.2. The lowest BCUT2D eigenvalue weighted by Gasteiger charge is -2.04. The van der Waals surface area contributed by atoms with Gasteiger partial charge in [-0.1, -0.05) is 12.1 Å². The van der Waals surface area contributed by atoms with Crippen molar-refractivity contribution in [1.29, 1.82) is 0 Å². The fraction of sp³-hybridized carbons (Fsp3) is 0.0588. The number of primary amides is 1. The van der Waals surface area contributed by atoms with Crippen LogP contribution in [0.25, 0.3) is 22.0 Å². The first-order chi connectivity index (χ1) is 11.0. The minimum absolute atomic E-state index is 0.200. The zero-order valence-corrected chi connectivity index (χ0v) is 12.1. The second-order valence-corrected chi connectivity index (χ2v) is 5.12. The highest BCUT2D eigenvalue weighted by Crippen LogP contribution is 2.29. The first-order valence-electron chi connectivity index (χ1n) is 6.98. The number of H-pyrrole nitrogens is 1. The molecule has 5 nitrogen and oxygen atoms in total. The van der Waals surface area contributed by atoms with E-state index in [4.69, 9.17) is 5.73 Å². The van der Waals surface area contributed by atoms with Crippen LogP contribution in [-0.4, -0.2) is 23.3 Å². The Morgan fingerprint density at radius 1 is 1.13 bits per heavy atom. The van der Waals surface area contributed by atoms with E-state index in [1.165, 1.54) is 12.1 Å². The van der Waals surface area contributed by atoms with Gasteiger partial charge in [-0.25, -0.2) is 4.39 Å². The molecule has 2 amide bonds. The molecule has 116 valence electrons. The van der Waals surface area contributed by atoms with Gasteiger partial charge in [0.1, 0.15) is 5.82 Å². The van der Waals surface area contributed by atoms with Crippen LogP contribution in [0.2, 0.25) is 0 Å². The summed E-state index contributed by atoms with van der Waals surface area (Å²) in [5.41, 5.74) is 7.95. The third-order valence-corrected chi connectivity index (χ3v) is 3.53. The molecule has 6 heteroatoms. The largest absolute Gasteiger partial charge is 0.368 e. The molecule has 4 N–H and O–H groups in total. The molecule has 0 aliphatic heterocycles. The zero-order valence-electron chi connectivity index (χ0n) is 12.1. The molecule has 0 unspecified atom stereocenters. The van der Waals surface area contributed by atoms with Gasteiger partial charge >= 0.3 is 0 Å². The van der Waals surface area contributed by atoms with Gasteiger partial charge in [-0.15, -0.1) is 0 Å². The van der Waals surface area contributed by atoms with Gasteiger partial charge in [0.15, 0.2) is 0 Å². The number of hydrogen-bond acceptors (Lipinski definition) is 2. The third kappa shape index (κ3) is 3.06.